The molecule has 0 radical (unpaired) electrons. The minimum Gasteiger partial charge on any atom is -0.298 e. The number of aromatic nitrogens is 1. The topological polar surface area (TPSA) is 85.1 Å². The van der Waals surface area contributed by atoms with E-state index in [4.69, 9.17) is 0 Å². The Bertz CT molecular complexity index is 715. The zero-order chi connectivity index (χ0) is 15.6. The maximum atomic E-state index is 12.2. The van der Waals surface area contributed by atoms with Crippen molar-refractivity contribution in [1.29, 1.82) is 0 Å². The lowest BCUT2D eigenvalue weighted by atomic mass is 10.2. The minimum atomic E-state index is -0.518. The SMILES string of the molecule is CCc1nc(NC(=O)c2cc([N+](=O)[O-])ccc2I)sc1C. The smallest absolute Gasteiger partial charge is 0.270 e. The van der Waals surface area contributed by atoms with Crippen LogP contribution in [0.3, 0.4) is 0 Å². The van der Waals surface area contributed by atoms with Crippen molar-refractivity contribution in [3.05, 3.63) is 48.0 Å². The van der Waals surface area contributed by atoms with Crippen molar-refractivity contribution in [3.8, 4) is 0 Å². The molecule has 1 amide bonds. The van der Waals surface area contributed by atoms with Gasteiger partial charge in [-0.05, 0) is 42.0 Å². The normalized spacial score (nSPS) is 10.4. The maximum Gasteiger partial charge on any atom is 0.270 e. The highest BCUT2D eigenvalue weighted by Crippen LogP contribution is 2.25. The van der Waals surface area contributed by atoms with E-state index in [2.05, 4.69) is 10.3 Å². The highest BCUT2D eigenvalue weighted by Gasteiger charge is 2.17. The Hall–Kier alpha value is -1.55. The number of aryl methyl sites for hydroxylation is 2. The van der Waals surface area contributed by atoms with E-state index in [1.807, 2.05) is 36.4 Å². The first-order chi connectivity index (χ1) is 9.92. The van der Waals surface area contributed by atoms with Crippen LogP contribution in [0.1, 0.15) is 27.9 Å². The van der Waals surface area contributed by atoms with E-state index >= 15 is 0 Å². The molecule has 0 fully saturated rings. The summed E-state index contributed by atoms with van der Waals surface area (Å²) in [6.45, 7) is 3.94. The van der Waals surface area contributed by atoms with Crippen LogP contribution in [0.5, 0.6) is 0 Å². The molecule has 0 saturated carbocycles. The number of rotatable bonds is 4. The molecule has 0 aliphatic heterocycles. The van der Waals surface area contributed by atoms with Crippen LogP contribution < -0.4 is 5.32 Å². The van der Waals surface area contributed by atoms with Crippen molar-refractivity contribution in [1.82, 2.24) is 4.98 Å². The second kappa shape index (κ2) is 6.48. The van der Waals surface area contributed by atoms with Gasteiger partial charge in [0.25, 0.3) is 11.6 Å². The number of nitro groups is 1. The van der Waals surface area contributed by atoms with E-state index in [1.165, 1.54) is 23.5 Å². The van der Waals surface area contributed by atoms with Crippen molar-refractivity contribution < 1.29 is 9.72 Å². The Kier molecular flexibility index (Phi) is 4.88. The van der Waals surface area contributed by atoms with Gasteiger partial charge in [-0.1, -0.05) is 6.92 Å². The zero-order valence-corrected chi connectivity index (χ0v) is 14.3. The Morgan fingerprint density at radius 3 is 2.81 bits per heavy atom. The van der Waals surface area contributed by atoms with Gasteiger partial charge in [-0.2, -0.15) is 0 Å². The number of carbonyl (C=O) groups is 1. The molecular formula is C13H12IN3O3S. The summed E-state index contributed by atoms with van der Waals surface area (Å²) >= 11 is 3.38. The van der Waals surface area contributed by atoms with Crippen LogP contribution in [0.2, 0.25) is 0 Å². The van der Waals surface area contributed by atoms with Gasteiger partial charge in [0.05, 0.1) is 16.2 Å². The number of hydrogen-bond acceptors (Lipinski definition) is 5. The Morgan fingerprint density at radius 1 is 1.52 bits per heavy atom. The number of thiazole rings is 1. The predicted molar refractivity (Wildman–Crippen MR) is 90.0 cm³/mol. The van der Waals surface area contributed by atoms with E-state index in [-0.39, 0.29) is 17.2 Å². The number of hydrogen-bond donors (Lipinski definition) is 1. The second-order valence-electron chi connectivity index (χ2n) is 4.25. The number of nitrogens with zero attached hydrogens (tertiary/aromatic N) is 2. The first-order valence-corrected chi connectivity index (χ1v) is 8.03. The van der Waals surface area contributed by atoms with E-state index in [0.717, 1.165) is 17.0 Å². The number of carbonyl (C=O) groups excluding carboxylic acids is 1. The number of halogens is 1. The van der Waals surface area contributed by atoms with E-state index < -0.39 is 4.92 Å². The molecule has 0 aliphatic carbocycles. The Balaban J connectivity index is 2.27. The van der Waals surface area contributed by atoms with Crippen LogP contribution in [0.15, 0.2) is 18.2 Å². The standard InChI is InChI=1S/C13H12IN3O3S/c1-3-11-7(2)21-13(15-11)16-12(18)9-6-8(17(19)20)4-5-10(9)14/h4-6H,3H2,1-2H3,(H,15,16,18). The highest BCUT2D eigenvalue weighted by molar-refractivity contribution is 14.1. The summed E-state index contributed by atoms with van der Waals surface area (Å²) in [6.07, 6.45) is 0.798. The molecule has 1 aromatic heterocycles. The third kappa shape index (κ3) is 3.56. The first-order valence-electron chi connectivity index (χ1n) is 6.14. The van der Waals surface area contributed by atoms with Gasteiger partial charge in [-0.25, -0.2) is 4.98 Å². The van der Waals surface area contributed by atoms with Crippen LogP contribution >= 0.6 is 33.9 Å². The molecule has 0 aliphatic rings. The van der Waals surface area contributed by atoms with Crippen LogP contribution in [-0.4, -0.2) is 15.8 Å². The fraction of sp³-hybridized carbons (Fsp3) is 0.231. The van der Waals surface area contributed by atoms with Crippen LogP contribution in [0.25, 0.3) is 0 Å². The highest BCUT2D eigenvalue weighted by atomic mass is 127. The first kappa shape index (κ1) is 15.8. The minimum absolute atomic E-state index is 0.106. The zero-order valence-electron chi connectivity index (χ0n) is 11.3. The average Bonchev–Trinajstić information content (AvgIpc) is 2.78. The van der Waals surface area contributed by atoms with E-state index in [9.17, 15) is 14.9 Å². The van der Waals surface area contributed by atoms with Gasteiger partial charge >= 0.3 is 0 Å². The summed E-state index contributed by atoms with van der Waals surface area (Å²) in [7, 11) is 0. The van der Waals surface area contributed by atoms with Crippen LogP contribution in [-0.2, 0) is 6.42 Å². The second-order valence-corrected chi connectivity index (χ2v) is 6.62. The molecule has 21 heavy (non-hydrogen) atoms. The van der Waals surface area contributed by atoms with Crippen molar-refractivity contribution in [2.45, 2.75) is 20.3 Å². The van der Waals surface area contributed by atoms with Crippen molar-refractivity contribution in [2.75, 3.05) is 5.32 Å². The van der Waals surface area contributed by atoms with Crippen LogP contribution in [0, 0.1) is 20.6 Å². The molecule has 6 nitrogen and oxygen atoms in total. The van der Waals surface area contributed by atoms with Crippen molar-refractivity contribution >= 4 is 50.7 Å². The van der Waals surface area contributed by atoms with Gasteiger partial charge in [-0.3, -0.25) is 20.2 Å². The van der Waals surface area contributed by atoms with Crippen molar-refractivity contribution in [3.63, 3.8) is 0 Å². The lowest BCUT2D eigenvalue weighted by Crippen LogP contribution is -2.13. The van der Waals surface area contributed by atoms with E-state index in [1.54, 1.807) is 6.07 Å². The predicted octanol–water partition coefficient (Wildman–Crippen LogP) is 3.78. The van der Waals surface area contributed by atoms with Gasteiger partial charge < -0.3 is 0 Å². The summed E-state index contributed by atoms with van der Waals surface area (Å²) in [4.78, 5) is 27.9. The van der Waals surface area contributed by atoms with E-state index in [0.29, 0.717) is 8.70 Å². The summed E-state index contributed by atoms with van der Waals surface area (Å²) < 4.78 is 0.652. The molecular weight excluding hydrogens is 405 g/mol. The van der Waals surface area contributed by atoms with Crippen molar-refractivity contribution in [2.24, 2.45) is 0 Å². The molecule has 2 rings (SSSR count). The molecule has 0 bridgehead atoms. The number of non-ortho nitro benzene ring substituents is 1. The van der Waals surface area contributed by atoms with Crippen LogP contribution in [0.4, 0.5) is 10.8 Å². The molecule has 1 N–H and O–H groups in total. The fourth-order valence-electron chi connectivity index (χ4n) is 1.77. The van der Waals surface area contributed by atoms with Gasteiger partial charge in [0, 0.05) is 20.6 Å². The molecule has 0 unspecified atom stereocenters. The fourth-order valence-corrected chi connectivity index (χ4v) is 3.25. The summed E-state index contributed by atoms with van der Waals surface area (Å²) in [5.74, 6) is -0.389. The summed E-state index contributed by atoms with van der Waals surface area (Å²) in [6, 6.07) is 4.21. The average molecular weight is 417 g/mol. The number of anilines is 1. The Labute approximate surface area is 138 Å². The third-order valence-corrected chi connectivity index (χ3v) is 4.72. The molecule has 110 valence electrons. The van der Waals surface area contributed by atoms with Gasteiger partial charge in [0.15, 0.2) is 5.13 Å². The quantitative estimate of drug-likeness (QED) is 0.466. The molecule has 8 heteroatoms. The molecule has 0 saturated heterocycles. The molecule has 0 atom stereocenters. The molecule has 2 aromatic rings. The molecule has 1 aromatic carbocycles. The summed E-state index contributed by atoms with van der Waals surface area (Å²) in [5.41, 5.74) is 1.12. The van der Waals surface area contributed by atoms with Gasteiger partial charge in [0.1, 0.15) is 0 Å². The monoisotopic (exact) mass is 417 g/mol. The lowest BCUT2D eigenvalue weighted by Gasteiger charge is -2.04. The van der Waals surface area contributed by atoms with Gasteiger partial charge in [-0.15, -0.1) is 11.3 Å². The van der Waals surface area contributed by atoms with Gasteiger partial charge in [0.2, 0.25) is 0 Å². The lowest BCUT2D eigenvalue weighted by molar-refractivity contribution is -0.384. The Morgan fingerprint density at radius 2 is 2.24 bits per heavy atom. The largest absolute Gasteiger partial charge is 0.298 e. The molecule has 1 heterocycles. The number of nitrogens with one attached hydrogen (secondary N) is 1. The summed E-state index contributed by atoms with van der Waals surface area (Å²) in [5, 5.41) is 14.0. The third-order valence-electron chi connectivity index (χ3n) is 2.85. The number of nitro benzene ring substituents is 1. The molecule has 0 spiro atoms. The number of amides is 1. The maximum absolute atomic E-state index is 12.2. The number of benzene rings is 1.